The van der Waals surface area contributed by atoms with Crippen molar-refractivity contribution in [3.63, 3.8) is 0 Å². The van der Waals surface area contributed by atoms with Crippen molar-refractivity contribution in [2.75, 3.05) is 33.5 Å². The SMILES string of the molecule is COCCOCC(=O)NCCc1ccncc1. The molecule has 1 rings (SSSR count). The van der Waals surface area contributed by atoms with Gasteiger partial charge >= 0.3 is 0 Å². The van der Waals surface area contributed by atoms with Gasteiger partial charge in [0.05, 0.1) is 13.2 Å². The molecule has 1 aromatic rings. The molecule has 1 amide bonds. The van der Waals surface area contributed by atoms with E-state index in [1.54, 1.807) is 19.5 Å². The van der Waals surface area contributed by atoms with Gasteiger partial charge < -0.3 is 14.8 Å². The Morgan fingerprint density at radius 1 is 1.35 bits per heavy atom. The Bertz CT molecular complexity index is 317. The van der Waals surface area contributed by atoms with Crippen LogP contribution in [-0.2, 0) is 20.7 Å². The highest BCUT2D eigenvalue weighted by atomic mass is 16.5. The Hall–Kier alpha value is -1.46. The van der Waals surface area contributed by atoms with Gasteiger partial charge in [-0.15, -0.1) is 0 Å². The van der Waals surface area contributed by atoms with Crippen molar-refractivity contribution in [1.82, 2.24) is 10.3 Å². The minimum atomic E-state index is -0.102. The van der Waals surface area contributed by atoms with E-state index < -0.39 is 0 Å². The lowest BCUT2D eigenvalue weighted by Gasteiger charge is -2.06. The highest BCUT2D eigenvalue weighted by molar-refractivity contribution is 5.77. The number of amides is 1. The second kappa shape index (κ2) is 8.66. The number of pyridine rings is 1. The normalized spacial score (nSPS) is 10.2. The molecule has 0 bridgehead atoms. The molecule has 0 unspecified atom stereocenters. The van der Waals surface area contributed by atoms with Crippen LogP contribution in [0.4, 0.5) is 0 Å². The van der Waals surface area contributed by atoms with Crippen molar-refractivity contribution in [3.05, 3.63) is 30.1 Å². The molecule has 1 aromatic heterocycles. The van der Waals surface area contributed by atoms with E-state index in [9.17, 15) is 4.79 Å². The maximum Gasteiger partial charge on any atom is 0.246 e. The second-order valence-corrected chi connectivity index (χ2v) is 3.50. The van der Waals surface area contributed by atoms with Crippen LogP contribution in [0.2, 0.25) is 0 Å². The molecule has 0 saturated heterocycles. The fourth-order valence-electron chi connectivity index (χ4n) is 1.25. The summed E-state index contributed by atoms with van der Waals surface area (Å²) >= 11 is 0. The summed E-state index contributed by atoms with van der Waals surface area (Å²) in [6, 6.07) is 3.86. The summed E-state index contributed by atoms with van der Waals surface area (Å²) in [4.78, 5) is 15.2. The van der Waals surface area contributed by atoms with E-state index in [1.807, 2.05) is 12.1 Å². The Balaban J connectivity index is 2.04. The molecule has 1 heterocycles. The maximum atomic E-state index is 11.3. The van der Waals surface area contributed by atoms with Gasteiger partial charge in [-0.3, -0.25) is 9.78 Å². The Morgan fingerprint density at radius 3 is 2.82 bits per heavy atom. The fraction of sp³-hybridized carbons (Fsp3) is 0.500. The average molecular weight is 238 g/mol. The van der Waals surface area contributed by atoms with Crippen LogP contribution in [0.15, 0.2) is 24.5 Å². The van der Waals surface area contributed by atoms with Crippen LogP contribution in [0, 0.1) is 0 Å². The monoisotopic (exact) mass is 238 g/mol. The Kier molecular flexibility index (Phi) is 6.93. The number of aromatic nitrogens is 1. The van der Waals surface area contributed by atoms with Crippen LogP contribution >= 0.6 is 0 Å². The van der Waals surface area contributed by atoms with Gasteiger partial charge in [-0.25, -0.2) is 0 Å². The molecule has 0 aliphatic rings. The summed E-state index contributed by atoms with van der Waals surface area (Å²) in [5.41, 5.74) is 1.15. The Labute approximate surface area is 101 Å². The summed E-state index contributed by atoms with van der Waals surface area (Å²) < 4.78 is 9.89. The number of ether oxygens (including phenoxy) is 2. The predicted octanol–water partition coefficient (Wildman–Crippen LogP) is 0.403. The molecule has 0 fully saturated rings. The van der Waals surface area contributed by atoms with Gasteiger partial charge in [0.2, 0.25) is 5.91 Å². The molecule has 0 aliphatic heterocycles. The molecule has 0 radical (unpaired) electrons. The molecule has 5 heteroatoms. The lowest BCUT2D eigenvalue weighted by atomic mass is 10.2. The number of nitrogens with zero attached hydrogens (tertiary/aromatic N) is 1. The van der Waals surface area contributed by atoms with Crippen molar-refractivity contribution >= 4 is 5.91 Å². The van der Waals surface area contributed by atoms with Crippen molar-refractivity contribution in [2.45, 2.75) is 6.42 Å². The molecule has 1 N–H and O–H groups in total. The summed E-state index contributed by atoms with van der Waals surface area (Å²) in [6.07, 6.45) is 4.28. The van der Waals surface area contributed by atoms with Gasteiger partial charge in [-0.2, -0.15) is 0 Å². The van der Waals surface area contributed by atoms with Crippen molar-refractivity contribution in [3.8, 4) is 0 Å². The predicted molar refractivity (Wildman–Crippen MR) is 63.6 cm³/mol. The molecule has 94 valence electrons. The van der Waals surface area contributed by atoms with Gasteiger partial charge in [0.1, 0.15) is 6.61 Å². The van der Waals surface area contributed by atoms with E-state index in [0.717, 1.165) is 12.0 Å². The molecule has 0 saturated carbocycles. The number of nitrogens with one attached hydrogen (secondary N) is 1. The van der Waals surface area contributed by atoms with Crippen LogP contribution in [0.3, 0.4) is 0 Å². The third-order valence-corrected chi connectivity index (χ3v) is 2.15. The topological polar surface area (TPSA) is 60.5 Å². The highest BCUT2D eigenvalue weighted by Gasteiger charge is 2.00. The van der Waals surface area contributed by atoms with Crippen LogP contribution in [-0.4, -0.2) is 44.4 Å². The smallest absolute Gasteiger partial charge is 0.246 e. The number of rotatable bonds is 8. The van der Waals surface area contributed by atoms with Gasteiger partial charge in [0.15, 0.2) is 0 Å². The van der Waals surface area contributed by atoms with Crippen LogP contribution in [0.5, 0.6) is 0 Å². The summed E-state index contributed by atoms with van der Waals surface area (Å²) in [5, 5.41) is 2.78. The molecule has 0 spiro atoms. The third kappa shape index (κ3) is 6.65. The van der Waals surface area contributed by atoms with Crippen LogP contribution < -0.4 is 5.32 Å². The first kappa shape index (κ1) is 13.6. The number of hydrogen-bond acceptors (Lipinski definition) is 4. The second-order valence-electron chi connectivity index (χ2n) is 3.50. The van der Waals surface area contributed by atoms with Gasteiger partial charge in [-0.1, -0.05) is 0 Å². The van der Waals surface area contributed by atoms with E-state index >= 15 is 0 Å². The largest absolute Gasteiger partial charge is 0.382 e. The van der Waals surface area contributed by atoms with Crippen LogP contribution in [0.25, 0.3) is 0 Å². The zero-order chi connectivity index (χ0) is 12.3. The van der Waals surface area contributed by atoms with E-state index in [2.05, 4.69) is 10.3 Å². The first-order valence-electron chi connectivity index (χ1n) is 5.55. The van der Waals surface area contributed by atoms with Crippen molar-refractivity contribution < 1.29 is 14.3 Å². The summed E-state index contributed by atoms with van der Waals surface area (Å²) in [5.74, 6) is -0.102. The van der Waals surface area contributed by atoms with E-state index in [-0.39, 0.29) is 12.5 Å². The first-order chi connectivity index (χ1) is 8.33. The lowest BCUT2D eigenvalue weighted by Crippen LogP contribution is -2.29. The fourth-order valence-corrected chi connectivity index (χ4v) is 1.25. The molecule has 17 heavy (non-hydrogen) atoms. The van der Waals surface area contributed by atoms with Gasteiger partial charge in [0, 0.05) is 26.0 Å². The number of carbonyl (C=O) groups is 1. The van der Waals surface area contributed by atoms with Gasteiger partial charge in [-0.05, 0) is 24.1 Å². The van der Waals surface area contributed by atoms with E-state index in [4.69, 9.17) is 9.47 Å². The van der Waals surface area contributed by atoms with E-state index in [1.165, 1.54) is 0 Å². The molecular formula is C12H18N2O3. The third-order valence-electron chi connectivity index (χ3n) is 2.15. The quantitative estimate of drug-likeness (QED) is 0.666. The number of hydrogen-bond donors (Lipinski definition) is 1. The lowest BCUT2D eigenvalue weighted by molar-refractivity contribution is -0.126. The van der Waals surface area contributed by atoms with Gasteiger partial charge in [0.25, 0.3) is 0 Å². The summed E-state index contributed by atoms with van der Waals surface area (Å²) in [6.45, 7) is 1.63. The molecular weight excluding hydrogens is 220 g/mol. The van der Waals surface area contributed by atoms with Crippen LogP contribution in [0.1, 0.15) is 5.56 Å². The van der Waals surface area contributed by atoms with Crippen molar-refractivity contribution in [1.29, 1.82) is 0 Å². The first-order valence-corrected chi connectivity index (χ1v) is 5.55. The maximum absolute atomic E-state index is 11.3. The minimum absolute atomic E-state index is 0.0830. The molecule has 5 nitrogen and oxygen atoms in total. The zero-order valence-corrected chi connectivity index (χ0v) is 10.0. The summed E-state index contributed by atoms with van der Waals surface area (Å²) in [7, 11) is 1.60. The standard InChI is InChI=1S/C12H18N2O3/c1-16-8-9-17-10-12(15)14-7-4-11-2-5-13-6-3-11/h2-3,5-6H,4,7-10H2,1H3,(H,14,15). The zero-order valence-electron chi connectivity index (χ0n) is 10.0. The Morgan fingerprint density at radius 2 is 2.12 bits per heavy atom. The number of carbonyl (C=O) groups excluding carboxylic acids is 1. The van der Waals surface area contributed by atoms with Crippen molar-refractivity contribution in [2.24, 2.45) is 0 Å². The molecule has 0 atom stereocenters. The minimum Gasteiger partial charge on any atom is -0.382 e. The average Bonchev–Trinajstić information content (AvgIpc) is 2.36. The molecule has 0 aliphatic carbocycles. The molecule has 0 aromatic carbocycles. The van der Waals surface area contributed by atoms with E-state index in [0.29, 0.717) is 19.8 Å². The number of methoxy groups -OCH3 is 1. The highest BCUT2D eigenvalue weighted by Crippen LogP contribution is 1.95.